The molecular weight excluding hydrogens is 525 g/mol. The largest absolute Gasteiger partial charge is 0.493 e. The molecule has 3 heterocycles. The number of carbonyl (C=O) groups excluding carboxylic acids is 1. The van der Waals surface area contributed by atoms with Gasteiger partial charge in [-0.25, -0.2) is 19.0 Å². The number of ether oxygens (including phenoxy) is 3. The molecule has 41 heavy (non-hydrogen) atoms. The Kier molecular flexibility index (Phi) is 6.58. The van der Waals surface area contributed by atoms with Crippen molar-refractivity contribution in [3.8, 4) is 28.5 Å². The molecule has 0 radical (unpaired) electrons. The van der Waals surface area contributed by atoms with Crippen molar-refractivity contribution in [1.29, 1.82) is 0 Å². The van der Waals surface area contributed by atoms with Gasteiger partial charge >= 0.3 is 0 Å². The van der Waals surface area contributed by atoms with Gasteiger partial charge in [0.25, 0.3) is 0 Å². The summed E-state index contributed by atoms with van der Waals surface area (Å²) in [4.78, 5) is 21.3. The summed E-state index contributed by atoms with van der Waals surface area (Å²) in [6.45, 7) is 1.88. The monoisotopic (exact) mass is 551 g/mol. The van der Waals surface area contributed by atoms with E-state index in [2.05, 4.69) is 9.97 Å². The molecule has 2 N–H and O–H groups in total. The first-order valence-corrected chi connectivity index (χ1v) is 12.9. The minimum absolute atomic E-state index is 0.248. The number of benzene rings is 3. The lowest BCUT2D eigenvalue weighted by Gasteiger charge is -2.31. The molecule has 5 aromatic rings. The first kappa shape index (κ1) is 26.0. The predicted molar refractivity (Wildman–Crippen MR) is 152 cm³/mol. The van der Waals surface area contributed by atoms with Gasteiger partial charge in [0.1, 0.15) is 47.5 Å². The number of carbonyl (C=O) groups is 1. The molecule has 1 aliphatic rings. The van der Waals surface area contributed by atoms with Gasteiger partial charge in [-0.05, 0) is 48.9 Å². The fourth-order valence-electron chi connectivity index (χ4n) is 5.30. The number of allylic oxidation sites excluding steroid dienone is 2. The van der Waals surface area contributed by atoms with Gasteiger partial charge in [-0.2, -0.15) is 5.10 Å². The van der Waals surface area contributed by atoms with Crippen LogP contribution in [-0.2, 0) is 4.79 Å². The number of nitrogens with two attached hydrogens (primary N) is 1. The van der Waals surface area contributed by atoms with Crippen molar-refractivity contribution < 1.29 is 23.4 Å². The Bertz CT molecular complexity index is 1830. The van der Waals surface area contributed by atoms with Crippen LogP contribution < -0.4 is 19.9 Å². The van der Waals surface area contributed by atoms with Crippen molar-refractivity contribution in [2.75, 3.05) is 20.0 Å². The van der Waals surface area contributed by atoms with Crippen LogP contribution in [0.4, 0.5) is 10.2 Å². The number of hydrogen-bond acceptors (Lipinski definition) is 8. The van der Waals surface area contributed by atoms with E-state index in [1.165, 1.54) is 18.5 Å². The Labute approximate surface area is 235 Å². The average Bonchev–Trinajstić information content (AvgIpc) is 3.40. The summed E-state index contributed by atoms with van der Waals surface area (Å²) in [6.07, 6.45) is 2.22. The van der Waals surface area contributed by atoms with Crippen LogP contribution in [0.5, 0.6) is 17.2 Å². The predicted octanol–water partition coefficient (Wildman–Crippen LogP) is 5.58. The van der Waals surface area contributed by atoms with Gasteiger partial charge in [0.15, 0.2) is 17.1 Å². The van der Waals surface area contributed by atoms with Crippen molar-refractivity contribution in [2.45, 2.75) is 18.9 Å². The number of fused-ring (bicyclic) bond motifs is 2. The quantitative estimate of drug-likeness (QED) is 0.261. The van der Waals surface area contributed by atoms with Crippen molar-refractivity contribution >= 4 is 28.7 Å². The maximum atomic E-state index is 14.4. The third kappa shape index (κ3) is 4.33. The topological polar surface area (TPSA) is 114 Å². The molecule has 2 atom stereocenters. The van der Waals surface area contributed by atoms with Crippen molar-refractivity contribution in [2.24, 2.45) is 0 Å². The Morgan fingerprint density at radius 2 is 1.80 bits per heavy atom. The fraction of sp³-hybridized carbons (Fsp3) is 0.161. The van der Waals surface area contributed by atoms with E-state index >= 15 is 0 Å². The molecule has 10 heteroatoms. The zero-order chi connectivity index (χ0) is 28.7. The lowest BCUT2D eigenvalue weighted by molar-refractivity contribution is -0.108. The van der Waals surface area contributed by atoms with Gasteiger partial charge in [0.2, 0.25) is 0 Å². The second-order valence-corrected chi connectivity index (χ2v) is 9.54. The zero-order valence-corrected chi connectivity index (χ0v) is 22.5. The Hall–Kier alpha value is -5.25. The maximum Gasteiger partial charge on any atom is 0.164 e. The second-order valence-electron chi connectivity index (χ2n) is 9.54. The van der Waals surface area contributed by atoms with E-state index in [4.69, 9.17) is 25.0 Å². The minimum Gasteiger partial charge on any atom is -0.493 e. The molecule has 206 valence electrons. The Balaban J connectivity index is 1.59. The van der Waals surface area contributed by atoms with Crippen LogP contribution in [0.2, 0.25) is 0 Å². The zero-order valence-electron chi connectivity index (χ0n) is 22.5. The Morgan fingerprint density at radius 1 is 1.00 bits per heavy atom. The highest BCUT2D eigenvalue weighted by molar-refractivity contribution is 5.99. The SMILES string of the molecule is COc1ccc(-c2nn(C(C)C3=C(c4cccc(F)c4)C(C=O)c4ccccc4O3)c3ncnc(N)c23)cc1OC. The lowest BCUT2D eigenvalue weighted by Crippen LogP contribution is -2.23. The van der Waals surface area contributed by atoms with E-state index in [-0.39, 0.29) is 5.82 Å². The fourth-order valence-corrected chi connectivity index (χ4v) is 5.30. The molecule has 0 saturated heterocycles. The van der Waals surface area contributed by atoms with Gasteiger partial charge in [0, 0.05) is 16.7 Å². The van der Waals surface area contributed by atoms with Crippen LogP contribution in [0.3, 0.4) is 0 Å². The van der Waals surface area contributed by atoms with E-state index in [1.807, 2.05) is 31.2 Å². The summed E-state index contributed by atoms with van der Waals surface area (Å²) in [6, 6.07) is 18.3. The minimum atomic E-state index is -0.689. The number of rotatable bonds is 7. The molecule has 2 aromatic heterocycles. The number of nitrogens with zero attached hydrogens (tertiary/aromatic N) is 4. The van der Waals surface area contributed by atoms with E-state index < -0.39 is 17.8 Å². The molecule has 0 saturated carbocycles. The average molecular weight is 552 g/mol. The summed E-state index contributed by atoms with van der Waals surface area (Å²) in [7, 11) is 3.12. The van der Waals surface area contributed by atoms with Crippen molar-refractivity contribution in [3.05, 3.63) is 95.8 Å². The summed E-state index contributed by atoms with van der Waals surface area (Å²) in [5, 5.41) is 5.48. The summed E-state index contributed by atoms with van der Waals surface area (Å²) >= 11 is 0. The first-order valence-electron chi connectivity index (χ1n) is 12.9. The van der Waals surface area contributed by atoms with E-state index in [1.54, 1.807) is 49.2 Å². The van der Waals surface area contributed by atoms with Gasteiger partial charge in [-0.1, -0.05) is 30.3 Å². The maximum absolute atomic E-state index is 14.4. The number of aromatic nitrogens is 4. The molecule has 6 rings (SSSR count). The number of para-hydroxylation sites is 1. The molecule has 2 unspecified atom stereocenters. The number of hydrogen-bond donors (Lipinski definition) is 1. The number of methoxy groups -OCH3 is 2. The highest BCUT2D eigenvalue weighted by Crippen LogP contribution is 2.46. The Morgan fingerprint density at radius 3 is 2.56 bits per heavy atom. The number of halogens is 1. The third-order valence-electron chi connectivity index (χ3n) is 7.24. The van der Waals surface area contributed by atoms with Gasteiger partial charge in [-0.3, -0.25) is 0 Å². The lowest BCUT2D eigenvalue weighted by atomic mass is 9.83. The van der Waals surface area contributed by atoms with Gasteiger partial charge in [-0.15, -0.1) is 0 Å². The molecular formula is C31H26FN5O4. The van der Waals surface area contributed by atoms with Crippen LogP contribution in [-0.4, -0.2) is 40.3 Å². The van der Waals surface area contributed by atoms with Crippen LogP contribution in [0.1, 0.15) is 30.0 Å². The molecule has 3 aromatic carbocycles. The second kappa shape index (κ2) is 10.4. The molecule has 0 spiro atoms. The molecule has 9 nitrogen and oxygen atoms in total. The highest BCUT2D eigenvalue weighted by atomic mass is 19.1. The van der Waals surface area contributed by atoms with E-state index in [9.17, 15) is 9.18 Å². The van der Waals surface area contributed by atoms with E-state index in [0.29, 0.717) is 62.0 Å². The summed E-state index contributed by atoms with van der Waals surface area (Å²) in [5.41, 5.74) is 9.84. The van der Waals surface area contributed by atoms with Gasteiger partial charge < -0.3 is 24.7 Å². The molecule has 0 amide bonds. The van der Waals surface area contributed by atoms with Crippen LogP contribution in [0, 0.1) is 5.82 Å². The first-order chi connectivity index (χ1) is 19.9. The van der Waals surface area contributed by atoms with Gasteiger partial charge in [0.05, 0.1) is 25.5 Å². The van der Waals surface area contributed by atoms with Crippen molar-refractivity contribution in [1.82, 2.24) is 19.7 Å². The van der Waals surface area contributed by atoms with Crippen LogP contribution in [0.25, 0.3) is 27.9 Å². The summed E-state index contributed by atoms with van der Waals surface area (Å²) in [5.74, 6) is 1.20. The molecule has 0 bridgehead atoms. The third-order valence-corrected chi connectivity index (χ3v) is 7.24. The van der Waals surface area contributed by atoms with E-state index in [0.717, 1.165) is 6.29 Å². The smallest absolute Gasteiger partial charge is 0.164 e. The number of anilines is 1. The molecule has 0 aliphatic carbocycles. The molecule has 1 aliphatic heterocycles. The van der Waals surface area contributed by atoms with Crippen LogP contribution in [0.15, 0.2) is 78.8 Å². The number of nitrogen functional groups attached to an aromatic ring is 1. The molecule has 0 fully saturated rings. The summed E-state index contributed by atoms with van der Waals surface area (Å²) < 4.78 is 33.5. The van der Waals surface area contributed by atoms with Crippen LogP contribution >= 0.6 is 0 Å². The standard InChI is InChI=1S/C31H26FN5O4/c1-17(29-26(18-7-6-8-20(32)13-18)22(15-38)21-9-4-5-10-23(21)41-29)37-31-27(30(33)34-16-35-31)28(36-37)19-11-12-24(39-2)25(14-19)40-3/h4-17,22H,1-3H3,(H2,33,34,35). The normalized spacial score (nSPS) is 15.3. The van der Waals surface area contributed by atoms with Crippen molar-refractivity contribution in [3.63, 3.8) is 0 Å². The number of aldehydes is 1. The highest BCUT2D eigenvalue weighted by Gasteiger charge is 2.35.